The van der Waals surface area contributed by atoms with E-state index in [2.05, 4.69) is 22.1 Å². The molecule has 1 aromatic carbocycles. The average Bonchev–Trinajstić information content (AvgIpc) is 2.74. The highest BCUT2D eigenvalue weighted by Crippen LogP contribution is 2.10. The van der Waals surface area contributed by atoms with Crippen molar-refractivity contribution in [3.05, 3.63) is 52.5 Å². The zero-order valence-electron chi connectivity index (χ0n) is 8.24. The molecule has 3 heteroatoms. The second kappa shape index (κ2) is 4.94. The van der Waals surface area contributed by atoms with Gasteiger partial charge in [0.1, 0.15) is 5.82 Å². The van der Waals surface area contributed by atoms with E-state index in [1.165, 1.54) is 17.7 Å². The van der Waals surface area contributed by atoms with Crippen molar-refractivity contribution in [1.82, 2.24) is 0 Å². The summed E-state index contributed by atoms with van der Waals surface area (Å²) >= 11 is 1.71. The second-order valence-corrected chi connectivity index (χ2v) is 4.10. The smallest absolute Gasteiger partial charge is 0.123 e. The molecule has 1 heterocycles. The average molecular weight is 221 g/mol. The highest BCUT2D eigenvalue weighted by atomic mass is 32.1. The summed E-state index contributed by atoms with van der Waals surface area (Å²) < 4.78 is 12.6. The fourth-order valence-corrected chi connectivity index (χ4v) is 2.06. The first-order chi connectivity index (χ1) is 7.34. The molecule has 0 atom stereocenters. The summed E-state index contributed by atoms with van der Waals surface area (Å²) in [5.41, 5.74) is 2.31. The van der Waals surface area contributed by atoms with Gasteiger partial charge in [0.2, 0.25) is 0 Å². The van der Waals surface area contributed by atoms with Crippen LogP contribution in [-0.2, 0) is 6.42 Å². The van der Waals surface area contributed by atoms with Gasteiger partial charge in [-0.3, -0.25) is 0 Å². The van der Waals surface area contributed by atoms with E-state index < -0.39 is 0 Å². The van der Waals surface area contributed by atoms with Crippen molar-refractivity contribution in [1.29, 1.82) is 0 Å². The fraction of sp³-hybridized carbons (Fsp3) is 0.167. The molecule has 78 valence electrons. The molecule has 15 heavy (non-hydrogen) atoms. The van der Waals surface area contributed by atoms with Crippen LogP contribution in [0.3, 0.4) is 0 Å². The number of thiophene rings is 1. The van der Waals surface area contributed by atoms with E-state index in [-0.39, 0.29) is 5.82 Å². The number of halogens is 1. The molecule has 0 fully saturated rings. The quantitative estimate of drug-likeness (QED) is 0.832. The van der Waals surface area contributed by atoms with Crippen LogP contribution in [0.5, 0.6) is 0 Å². The maximum Gasteiger partial charge on any atom is 0.123 e. The Morgan fingerprint density at radius 3 is 2.60 bits per heavy atom. The van der Waals surface area contributed by atoms with Gasteiger partial charge in [-0.05, 0) is 53.1 Å². The maximum atomic E-state index is 12.6. The number of anilines is 1. The van der Waals surface area contributed by atoms with Crippen LogP contribution in [0.1, 0.15) is 5.56 Å². The second-order valence-electron chi connectivity index (χ2n) is 3.32. The summed E-state index contributed by atoms with van der Waals surface area (Å²) in [7, 11) is 0. The van der Waals surface area contributed by atoms with E-state index in [0.29, 0.717) is 0 Å². The molecule has 2 rings (SSSR count). The van der Waals surface area contributed by atoms with Gasteiger partial charge in [-0.15, -0.1) is 0 Å². The fourth-order valence-electron chi connectivity index (χ4n) is 1.35. The summed E-state index contributed by atoms with van der Waals surface area (Å²) in [6.07, 6.45) is 1.00. The Hall–Kier alpha value is -1.35. The topological polar surface area (TPSA) is 12.0 Å². The standard InChI is InChI=1S/C12H12FNS/c13-11-1-3-12(4-2-11)14-7-5-10-6-8-15-9-10/h1-4,6,8-9,14H,5,7H2. The molecular weight excluding hydrogens is 209 g/mol. The maximum absolute atomic E-state index is 12.6. The predicted molar refractivity (Wildman–Crippen MR) is 62.9 cm³/mol. The Morgan fingerprint density at radius 2 is 1.93 bits per heavy atom. The van der Waals surface area contributed by atoms with Gasteiger partial charge in [0, 0.05) is 12.2 Å². The molecule has 0 amide bonds. The Kier molecular flexibility index (Phi) is 3.35. The molecule has 0 radical (unpaired) electrons. The van der Waals surface area contributed by atoms with Gasteiger partial charge in [-0.2, -0.15) is 11.3 Å². The first-order valence-electron chi connectivity index (χ1n) is 4.85. The summed E-state index contributed by atoms with van der Waals surface area (Å²) in [6.45, 7) is 0.877. The first-order valence-corrected chi connectivity index (χ1v) is 5.79. The normalized spacial score (nSPS) is 10.2. The van der Waals surface area contributed by atoms with Crippen LogP contribution in [0.15, 0.2) is 41.1 Å². The van der Waals surface area contributed by atoms with Crippen molar-refractivity contribution in [2.45, 2.75) is 6.42 Å². The van der Waals surface area contributed by atoms with E-state index in [9.17, 15) is 4.39 Å². The van der Waals surface area contributed by atoms with E-state index in [4.69, 9.17) is 0 Å². The molecule has 0 saturated carbocycles. The first kappa shape index (κ1) is 10.2. The third-order valence-corrected chi connectivity index (χ3v) is 2.90. The Balaban J connectivity index is 1.81. The highest BCUT2D eigenvalue weighted by molar-refractivity contribution is 7.07. The van der Waals surface area contributed by atoms with E-state index >= 15 is 0 Å². The summed E-state index contributed by atoms with van der Waals surface area (Å²) in [5.74, 6) is -0.196. The van der Waals surface area contributed by atoms with Gasteiger partial charge >= 0.3 is 0 Å². The monoisotopic (exact) mass is 221 g/mol. The number of nitrogens with one attached hydrogen (secondary N) is 1. The third-order valence-electron chi connectivity index (χ3n) is 2.17. The number of benzene rings is 1. The van der Waals surface area contributed by atoms with Crippen molar-refractivity contribution in [3.8, 4) is 0 Å². The third kappa shape index (κ3) is 3.06. The predicted octanol–water partition coefficient (Wildman–Crippen LogP) is 3.54. The zero-order chi connectivity index (χ0) is 10.5. The molecule has 1 N–H and O–H groups in total. The molecule has 1 nitrogen and oxygen atoms in total. The summed E-state index contributed by atoms with van der Waals surface area (Å²) in [5, 5.41) is 7.47. The van der Waals surface area contributed by atoms with E-state index in [1.54, 1.807) is 23.5 Å². The number of rotatable bonds is 4. The molecule has 0 aliphatic carbocycles. The molecule has 0 spiro atoms. The minimum atomic E-state index is -0.196. The van der Waals surface area contributed by atoms with Gasteiger partial charge < -0.3 is 5.32 Å². The summed E-state index contributed by atoms with van der Waals surface area (Å²) in [6, 6.07) is 8.56. The van der Waals surface area contributed by atoms with Crippen molar-refractivity contribution in [3.63, 3.8) is 0 Å². The highest BCUT2D eigenvalue weighted by Gasteiger charge is 1.94. The van der Waals surface area contributed by atoms with Gasteiger partial charge in [0.05, 0.1) is 0 Å². The SMILES string of the molecule is Fc1ccc(NCCc2ccsc2)cc1. The molecular formula is C12H12FNS. The van der Waals surface area contributed by atoms with Crippen LogP contribution < -0.4 is 5.32 Å². The molecule has 0 aliphatic rings. The zero-order valence-corrected chi connectivity index (χ0v) is 9.06. The van der Waals surface area contributed by atoms with Gasteiger partial charge in [-0.25, -0.2) is 4.39 Å². The molecule has 0 unspecified atom stereocenters. The Bertz CT molecular complexity index is 394. The number of hydrogen-bond acceptors (Lipinski definition) is 2. The lowest BCUT2D eigenvalue weighted by Crippen LogP contribution is -2.03. The Labute approximate surface area is 92.6 Å². The van der Waals surface area contributed by atoms with Crippen LogP contribution in [0.4, 0.5) is 10.1 Å². The van der Waals surface area contributed by atoms with Crippen molar-refractivity contribution in [2.75, 3.05) is 11.9 Å². The van der Waals surface area contributed by atoms with Crippen LogP contribution in [-0.4, -0.2) is 6.54 Å². The van der Waals surface area contributed by atoms with Gasteiger partial charge in [0.25, 0.3) is 0 Å². The van der Waals surface area contributed by atoms with Crippen LogP contribution >= 0.6 is 11.3 Å². The van der Waals surface area contributed by atoms with Crippen molar-refractivity contribution < 1.29 is 4.39 Å². The minimum Gasteiger partial charge on any atom is -0.385 e. The van der Waals surface area contributed by atoms with E-state index in [0.717, 1.165) is 18.7 Å². The lowest BCUT2D eigenvalue weighted by Gasteiger charge is -2.04. The van der Waals surface area contributed by atoms with Gasteiger partial charge in [0.15, 0.2) is 0 Å². The molecule has 1 aromatic heterocycles. The van der Waals surface area contributed by atoms with Gasteiger partial charge in [-0.1, -0.05) is 0 Å². The lowest BCUT2D eigenvalue weighted by molar-refractivity contribution is 0.628. The summed E-state index contributed by atoms with van der Waals surface area (Å²) in [4.78, 5) is 0. The van der Waals surface area contributed by atoms with Crippen LogP contribution in [0.2, 0.25) is 0 Å². The van der Waals surface area contributed by atoms with Crippen LogP contribution in [0, 0.1) is 5.82 Å². The molecule has 0 bridgehead atoms. The number of hydrogen-bond donors (Lipinski definition) is 1. The lowest BCUT2D eigenvalue weighted by atomic mass is 10.2. The Morgan fingerprint density at radius 1 is 1.13 bits per heavy atom. The van der Waals surface area contributed by atoms with Crippen LogP contribution in [0.25, 0.3) is 0 Å². The molecule has 0 aliphatic heterocycles. The minimum absolute atomic E-state index is 0.196. The van der Waals surface area contributed by atoms with Crippen molar-refractivity contribution in [2.24, 2.45) is 0 Å². The molecule has 2 aromatic rings. The van der Waals surface area contributed by atoms with Crippen molar-refractivity contribution >= 4 is 17.0 Å². The largest absolute Gasteiger partial charge is 0.385 e. The van der Waals surface area contributed by atoms with E-state index in [1.807, 2.05) is 0 Å². The molecule has 0 saturated heterocycles.